The Morgan fingerprint density at radius 2 is 2.05 bits per heavy atom. The fourth-order valence-electron chi connectivity index (χ4n) is 2.05. The molecule has 2 heterocycles. The van der Waals surface area contributed by atoms with Gasteiger partial charge in [-0.1, -0.05) is 0 Å². The van der Waals surface area contributed by atoms with Gasteiger partial charge in [0.25, 0.3) is 0 Å². The Bertz CT molecular complexity index is 772. The van der Waals surface area contributed by atoms with Crippen LogP contribution in [0, 0.1) is 6.92 Å². The van der Waals surface area contributed by atoms with Crippen LogP contribution in [0.4, 0.5) is 11.5 Å². The van der Waals surface area contributed by atoms with Crippen LogP contribution in [-0.4, -0.2) is 21.7 Å². The van der Waals surface area contributed by atoms with Crippen molar-refractivity contribution in [1.82, 2.24) is 9.97 Å². The summed E-state index contributed by atoms with van der Waals surface area (Å²) >= 11 is 0. The molecule has 0 aliphatic heterocycles. The van der Waals surface area contributed by atoms with Gasteiger partial charge in [-0.25, -0.2) is 9.97 Å². The smallest absolute Gasteiger partial charge is 0.213 e. The molecule has 0 amide bonds. The van der Waals surface area contributed by atoms with E-state index in [2.05, 4.69) is 22.2 Å². The summed E-state index contributed by atoms with van der Waals surface area (Å²) in [6.07, 6.45) is 2.40. The van der Waals surface area contributed by atoms with E-state index in [-0.39, 0.29) is 5.75 Å². The number of nitrogens with zero attached hydrogens (tertiary/aromatic N) is 2. The van der Waals surface area contributed by atoms with Crippen molar-refractivity contribution in [1.29, 1.82) is 0 Å². The van der Waals surface area contributed by atoms with Gasteiger partial charge in [-0.2, -0.15) is 0 Å². The molecule has 0 radical (unpaired) electrons. The first-order valence-corrected chi connectivity index (χ1v) is 6.99. The van der Waals surface area contributed by atoms with E-state index >= 15 is 0 Å². The maximum absolute atomic E-state index is 9.45. The Morgan fingerprint density at radius 3 is 2.82 bits per heavy atom. The van der Waals surface area contributed by atoms with Crippen LogP contribution in [0.5, 0.6) is 11.6 Å². The summed E-state index contributed by atoms with van der Waals surface area (Å²) in [5.41, 5.74) is 1.64. The molecule has 22 heavy (non-hydrogen) atoms. The minimum atomic E-state index is 0.233. The third-order valence-electron chi connectivity index (χ3n) is 3.08. The van der Waals surface area contributed by atoms with E-state index in [1.54, 1.807) is 30.5 Å². The van der Waals surface area contributed by atoms with Gasteiger partial charge in [-0.3, -0.25) is 0 Å². The zero-order chi connectivity index (χ0) is 15.4. The van der Waals surface area contributed by atoms with Crippen LogP contribution in [-0.2, 0) is 0 Å². The molecule has 0 bridgehead atoms. The number of phenols is 1. The molecule has 5 heteroatoms. The molecule has 2 N–H and O–H groups in total. The van der Waals surface area contributed by atoms with Crippen LogP contribution in [0.25, 0.3) is 10.9 Å². The van der Waals surface area contributed by atoms with Crippen LogP contribution in [0.2, 0.25) is 0 Å². The normalized spacial score (nSPS) is 10.5. The molecule has 0 saturated carbocycles. The van der Waals surface area contributed by atoms with E-state index in [0.717, 1.165) is 16.6 Å². The molecule has 0 aliphatic carbocycles. The second-order valence-corrected chi connectivity index (χ2v) is 4.79. The Morgan fingerprint density at radius 1 is 1.14 bits per heavy atom. The molecule has 5 nitrogen and oxygen atoms in total. The van der Waals surface area contributed by atoms with Crippen LogP contribution >= 0.6 is 0 Å². The van der Waals surface area contributed by atoms with Gasteiger partial charge < -0.3 is 15.2 Å². The number of benzene rings is 1. The second kappa shape index (κ2) is 6.22. The zero-order valence-electron chi connectivity index (χ0n) is 12.0. The van der Waals surface area contributed by atoms with Gasteiger partial charge in [-0.15, -0.1) is 0 Å². The molecule has 2 aromatic heterocycles. The fourth-order valence-corrected chi connectivity index (χ4v) is 2.05. The predicted octanol–water partition coefficient (Wildman–Crippen LogP) is 3.68. The van der Waals surface area contributed by atoms with Gasteiger partial charge in [0, 0.05) is 11.5 Å². The van der Waals surface area contributed by atoms with Crippen molar-refractivity contribution in [2.45, 2.75) is 6.42 Å². The van der Waals surface area contributed by atoms with Gasteiger partial charge in [0.1, 0.15) is 24.6 Å². The molecule has 1 aromatic carbocycles. The zero-order valence-corrected chi connectivity index (χ0v) is 12.0. The van der Waals surface area contributed by atoms with Crippen molar-refractivity contribution < 1.29 is 9.84 Å². The molecule has 0 spiro atoms. The summed E-state index contributed by atoms with van der Waals surface area (Å²) in [5, 5.41) is 13.5. The maximum atomic E-state index is 9.45. The van der Waals surface area contributed by atoms with Crippen LogP contribution in [0.1, 0.15) is 6.42 Å². The largest absolute Gasteiger partial charge is 0.508 e. The van der Waals surface area contributed by atoms with E-state index in [4.69, 9.17) is 4.74 Å². The monoisotopic (exact) mass is 294 g/mol. The number of pyridine rings is 2. The lowest BCUT2D eigenvalue weighted by molar-refractivity contribution is 0.312. The lowest BCUT2D eigenvalue weighted by atomic mass is 10.2. The van der Waals surface area contributed by atoms with E-state index < -0.39 is 0 Å². The summed E-state index contributed by atoms with van der Waals surface area (Å²) in [7, 11) is 0. The number of hydrogen-bond donors (Lipinski definition) is 2. The number of aromatic nitrogens is 2. The number of nitrogens with one attached hydrogen (secondary N) is 1. The molecular weight excluding hydrogens is 278 g/mol. The molecule has 0 fully saturated rings. The van der Waals surface area contributed by atoms with Crippen LogP contribution in [0.15, 0.2) is 48.7 Å². The average Bonchev–Trinajstić information content (AvgIpc) is 2.54. The van der Waals surface area contributed by atoms with E-state index in [0.29, 0.717) is 24.7 Å². The van der Waals surface area contributed by atoms with Gasteiger partial charge in [0.05, 0.1) is 24.3 Å². The molecule has 0 aliphatic rings. The first kappa shape index (κ1) is 14.0. The first-order chi connectivity index (χ1) is 10.7. The minimum Gasteiger partial charge on any atom is -0.508 e. The van der Waals surface area contributed by atoms with Gasteiger partial charge >= 0.3 is 0 Å². The first-order valence-electron chi connectivity index (χ1n) is 6.99. The topological polar surface area (TPSA) is 67.3 Å². The molecule has 0 saturated heterocycles. The summed E-state index contributed by atoms with van der Waals surface area (Å²) in [6, 6.07) is 12.5. The third kappa shape index (κ3) is 3.20. The number of fused-ring (bicyclic) bond motifs is 1. The highest BCUT2D eigenvalue weighted by Gasteiger charge is 2.02. The van der Waals surface area contributed by atoms with Gasteiger partial charge in [-0.05, 0) is 36.4 Å². The van der Waals surface area contributed by atoms with Crippen molar-refractivity contribution >= 4 is 22.4 Å². The summed E-state index contributed by atoms with van der Waals surface area (Å²) in [6.45, 7) is 4.27. The predicted molar refractivity (Wildman–Crippen MR) is 86.4 cm³/mol. The summed E-state index contributed by atoms with van der Waals surface area (Å²) in [5.74, 6) is 1.53. The molecule has 0 atom stereocenters. The number of hydrogen-bond acceptors (Lipinski definition) is 5. The lowest BCUT2D eigenvalue weighted by Gasteiger charge is -2.07. The third-order valence-corrected chi connectivity index (χ3v) is 3.08. The standard InChI is InChI=1S/C17H15N3O2/c1-2-9-22-17-8-4-13(11-18-17)19-16-7-3-12-10-14(21)5-6-15(12)20-16/h3-8,10-11H,1-2,9H2,(H-,19,20,21)/p+1. The molecular formula is C17H16N3O2+. The number of rotatable bonds is 5. The fraction of sp³-hybridized carbons (Fsp3) is 0.118. The number of ether oxygens (including phenoxy) is 1. The van der Waals surface area contributed by atoms with Crippen LogP contribution in [0.3, 0.4) is 0 Å². The van der Waals surface area contributed by atoms with Gasteiger partial charge in [0.2, 0.25) is 5.88 Å². The molecule has 110 valence electrons. The van der Waals surface area contributed by atoms with Crippen molar-refractivity contribution in [2.75, 3.05) is 11.9 Å². The van der Waals surface area contributed by atoms with Crippen molar-refractivity contribution in [3.8, 4) is 11.6 Å². The van der Waals surface area contributed by atoms with Crippen LogP contribution < -0.4 is 10.1 Å². The van der Waals surface area contributed by atoms with Crippen molar-refractivity contribution in [3.05, 3.63) is 55.6 Å². The summed E-state index contributed by atoms with van der Waals surface area (Å²) in [4.78, 5) is 8.71. The highest BCUT2D eigenvalue weighted by Crippen LogP contribution is 2.22. The van der Waals surface area contributed by atoms with E-state index in [1.165, 1.54) is 0 Å². The average molecular weight is 294 g/mol. The van der Waals surface area contributed by atoms with E-state index in [9.17, 15) is 5.11 Å². The second-order valence-electron chi connectivity index (χ2n) is 4.79. The SMILES string of the molecule is [CH2+]CCOc1ccc(Nc2ccc3cc(O)ccc3n2)cn1. The quantitative estimate of drug-likeness (QED) is 0.703. The number of anilines is 2. The highest BCUT2D eigenvalue weighted by molar-refractivity contribution is 5.82. The van der Waals surface area contributed by atoms with Crippen molar-refractivity contribution in [2.24, 2.45) is 0 Å². The molecule has 3 rings (SSSR count). The van der Waals surface area contributed by atoms with E-state index in [1.807, 2.05) is 18.2 Å². The lowest BCUT2D eigenvalue weighted by Crippen LogP contribution is -1.98. The molecule has 3 aromatic rings. The maximum Gasteiger partial charge on any atom is 0.213 e. The Hall–Kier alpha value is -2.95. The molecule has 0 unspecified atom stereocenters. The summed E-state index contributed by atoms with van der Waals surface area (Å²) < 4.78 is 5.39. The van der Waals surface area contributed by atoms with Gasteiger partial charge in [0.15, 0.2) is 0 Å². The Kier molecular flexibility index (Phi) is 3.96. The minimum absolute atomic E-state index is 0.233. The number of phenolic OH excluding ortho intramolecular Hbond substituents is 1. The number of aromatic hydroxyl groups is 1. The highest BCUT2D eigenvalue weighted by atomic mass is 16.5. The Labute approximate surface area is 128 Å². The Balaban J connectivity index is 1.76. The van der Waals surface area contributed by atoms with Crippen molar-refractivity contribution in [3.63, 3.8) is 0 Å².